The topological polar surface area (TPSA) is 43.8 Å². The third-order valence-corrected chi connectivity index (χ3v) is 3.57. The summed E-state index contributed by atoms with van der Waals surface area (Å²) in [6.07, 6.45) is 5.99. The quantitative estimate of drug-likeness (QED) is 0.875. The van der Waals surface area contributed by atoms with Gasteiger partial charge in [0, 0.05) is 17.6 Å². The second-order valence-electron chi connectivity index (χ2n) is 4.80. The van der Waals surface area contributed by atoms with E-state index >= 15 is 0 Å². The van der Waals surface area contributed by atoms with E-state index in [9.17, 15) is 0 Å². The number of benzene rings is 1. The van der Waals surface area contributed by atoms with Crippen LogP contribution in [0.2, 0.25) is 0 Å². The Morgan fingerprint density at radius 1 is 1.41 bits per heavy atom. The first-order valence-corrected chi connectivity index (χ1v) is 6.13. The number of imidazole rings is 1. The molecule has 1 heterocycles. The van der Waals surface area contributed by atoms with Crippen LogP contribution in [0.15, 0.2) is 36.8 Å². The first kappa shape index (κ1) is 10.5. The number of rotatable bonds is 3. The zero-order valence-electron chi connectivity index (χ0n) is 10.1. The maximum absolute atomic E-state index is 6.24. The van der Waals surface area contributed by atoms with E-state index in [1.807, 2.05) is 12.5 Å². The molecule has 1 fully saturated rings. The number of aryl methyl sites for hydroxylation is 1. The van der Waals surface area contributed by atoms with Gasteiger partial charge in [0.25, 0.3) is 0 Å². The molecule has 1 aromatic heterocycles. The highest BCUT2D eigenvalue weighted by Crippen LogP contribution is 2.43. The molecule has 0 spiro atoms. The van der Waals surface area contributed by atoms with E-state index in [0.717, 1.165) is 19.4 Å². The van der Waals surface area contributed by atoms with Gasteiger partial charge < -0.3 is 10.3 Å². The lowest BCUT2D eigenvalue weighted by atomic mass is 10.0. The summed E-state index contributed by atoms with van der Waals surface area (Å²) in [5, 5.41) is 0. The van der Waals surface area contributed by atoms with E-state index in [2.05, 4.69) is 40.7 Å². The van der Waals surface area contributed by atoms with Gasteiger partial charge >= 0.3 is 0 Å². The number of nitrogens with two attached hydrogens (primary N) is 1. The monoisotopic (exact) mass is 227 g/mol. The van der Waals surface area contributed by atoms with Crippen LogP contribution in [0.25, 0.3) is 11.3 Å². The van der Waals surface area contributed by atoms with E-state index in [-0.39, 0.29) is 5.54 Å². The summed E-state index contributed by atoms with van der Waals surface area (Å²) >= 11 is 0. The molecule has 3 heteroatoms. The molecule has 1 saturated carbocycles. The van der Waals surface area contributed by atoms with Crippen LogP contribution in [0.5, 0.6) is 0 Å². The van der Waals surface area contributed by atoms with Crippen LogP contribution in [-0.4, -0.2) is 9.55 Å². The van der Waals surface area contributed by atoms with Crippen molar-refractivity contribution in [2.24, 2.45) is 5.73 Å². The van der Waals surface area contributed by atoms with Crippen molar-refractivity contribution in [1.29, 1.82) is 0 Å². The molecule has 0 atom stereocenters. The highest BCUT2D eigenvalue weighted by Gasteiger charge is 2.39. The summed E-state index contributed by atoms with van der Waals surface area (Å²) in [7, 11) is 0. The summed E-state index contributed by atoms with van der Waals surface area (Å²) in [6.45, 7) is 3.06. The Balaban J connectivity index is 2.04. The molecular weight excluding hydrogens is 210 g/mol. The number of hydrogen-bond acceptors (Lipinski definition) is 2. The Kier molecular flexibility index (Phi) is 2.30. The van der Waals surface area contributed by atoms with Crippen molar-refractivity contribution in [1.82, 2.24) is 9.55 Å². The summed E-state index contributed by atoms with van der Waals surface area (Å²) in [5.74, 6) is 0. The molecule has 0 unspecified atom stereocenters. The lowest BCUT2D eigenvalue weighted by Crippen LogP contribution is -2.18. The van der Waals surface area contributed by atoms with Crippen LogP contribution < -0.4 is 5.73 Å². The molecule has 1 aliphatic carbocycles. The molecule has 2 N–H and O–H groups in total. The third kappa shape index (κ3) is 1.76. The first-order valence-electron chi connectivity index (χ1n) is 6.13. The molecule has 3 nitrogen and oxygen atoms in total. The zero-order chi connectivity index (χ0) is 11.9. The lowest BCUT2D eigenvalue weighted by Gasteiger charge is -2.11. The minimum absolute atomic E-state index is 0.0624. The fraction of sp³-hybridized carbons (Fsp3) is 0.357. The molecule has 17 heavy (non-hydrogen) atoms. The van der Waals surface area contributed by atoms with Gasteiger partial charge in [-0.1, -0.05) is 18.2 Å². The highest BCUT2D eigenvalue weighted by molar-refractivity contribution is 5.60. The molecule has 2 aromatic rings. The van der Waals surface area contributed by atoms with Crippen molar-refractivity contribution < 1.29 is 0 Å². The first-order chi connectivity index (χ1) is 8.23. The van der Waals surface area contributed by atoms with Gasteiger partial charge in [-0.05, 0) is 31.4 Å². The Morgan fingerprint density at radius 2 is 2.24 bits per heavy atom. The van der Waals surface area contributed by atoms with Crippen molar-refractivity contribution >= 4 is 0 Å². The third-order valence-electron chi connectivity index (χ3n) is 3.57. The van der Waals surface area contributed by atoms with Crippen LogP contribution in [0.4, 0.5) is 0 Å². The van der Waals surface area contributed by atoms with E-state index < -0.39 is 0 Å². The van der Waals surface area contributed by atoms with Gasteiger partial charge in [0.05, 0.1) is 18.2 Å². The SMILES string of the molecule is CCn1cncc1-c1cccc(C2(N)CC2)c1. The average Bonchev–Trinajstić information content (AvgIpc) is 2.95. The van der Waals surface area contributed by atoms with Gasteiger partial charge in [0.2, 0.25) is 0 Å². The number of nitrogens with zero attached hydrogens (tertiary/aromatic N) is 2. The van der Waals surface area contributed by atoms with Gasteiger partial charge in [0.15, 0.2) is 0 Å². The van der Waals surface area contributed by atoms with E-state index in [4.69, 9.17) is 5.73 Å². The van der Waals surface area contributed by atoms with Gasteiger partial charge in [-0.3, -0.25) is 0 Å². The van der Waals surface area contributed by atoms with Crippen molar-refractivity contribution in [2.75, 3.05) is 0 Å². The minimum atomic E-state index is -0.0624. The number of hydrogen-bond donors (Lipinski definition) is 1. The largest absolute Gasteiger partial charge is 0.331 e. The Labute approximate surface area is 101 Å². The fourth-order valence-electron chi connectivity index (χ4n) is 2.22. The molecule has 0 saturated heterocycles. The Hall–Kier alpha value is -1.61. The van der Waals surface area contributed by atoms with Crippen LogP contribution in [0, 0.1) is 0 Å². The second kappa shape index (κ2) is 3.70. The van der Waals surface area contributed by atoms with Gasteiger partial charge in [0.1, 0.15) is 0 Å². The van der Waals surface area contributed by atoms with Gasteiger partial charge in [-0.25, -0.2) is 4.98 Å². The predicted octanol–water partition coefficient (Wildman–Crippen LogP) is 2.52. The summed E-state index contributed by atoms with van der Waals surface area (Å²) in [5.41, 5.74) is 9.80. The molecule has 88 valence electrons. The zero-order valence-corrected chi connectivity index (χ0v) is 10.1. The molecule has 0 amide bonds. The number of aromatic nitrogens is 2. The summed E-state index contributed by atoms with van der Waals surface area (Å²) < 4.78 is 2.15. The maximum Gasteiger partial charge on any atom is 0.0950 e. The Bertz CT molecular complexity index is 538. The molecule has 0 aliphatic heterocycles. The van der Waals surface area contributed by atoms with E-state index in [1.165, 1.54) is 16.8 Å². The molecular formula is C14H17N3. The Morgan fingerprint density at radius 3 is 2.94 bits per heavy atom. The van der Waals surface area contributed by atoms with Crippen molar-refractivity contribution in [3.05, 3.63) is 42.4 Å². The fourth-order valence-corrected chi connectivity index (χ4v) is 2.22. The van der Waals surface area contributed by atoms with E-state index in [1.54, 1.807) is 0 Å². The van der Waals surface area contributed by atoms with E-state index in [0.29, 0.717) is 0 Å². The van der Waals surface area contributed by atoms with Crippen LogP contribution in [0.1, 0.15) is 25.3 Å². The van der Waals surface area contributed by atoms with Crippen LogP contribution in [0.3, 0.4) is 0 Å². The average molecular weight is 227 g/mol. The van der Waals surface area contributed by atoms with Crippen LogP contribution in [-0.2, 0) is 12.1 Å². The predicted molar refractivity (Wildman–Crippen MR) is 68.4 cm³/mol. The smallest absolute Gasteiger partial charge is 0.0950 e. The normalized spacial score (nSPS) is 17.1. The standard InChI is InChI=1S/C14H17N3/c1-2-17-10-16-9-13(17)11-4-3-5-12(8-11)14(15)6-7-14/h3-5,8-10H,2,6-7,15H2,1H3. The van der Waals surface area contributed by atoms with Gasteiger partial charge in [-0.2, -0.15) is 0 Å². The van der Waals surface area contributed by atoms with Crippen molar-refractivity contribution in [3.63, 3.8) is 0 Å². The molecule has 1 aliphatic rings. The van der Waals surface area contributed by atoms with Crippen molar-refractivity contribution in [2.45, 2.75) is 31.8 Å². The minimum Gasteiger partial charge on any atom is -0.331 e. The summed E-state index contributed by atoms with van der Waals surface area (Å²) in [4.78, 5) is 4.21. The summed E-state index contributed by atoms with van der Waals surface area (Å²) in [6, 6.07) is 8.54. The van der Waals surface area contributed by atoms with Crippen molar-refractivity contribution in [3.8, 4) is 11.3 Å². The molecule has 0 radical (unpaired) electrons. The maximum atomic E-state index is 6.24. The van der Waals surface area contributed by atoms with Gasteiger partial charge in [-0.15, -0.1) is 0 Å². The van der Waals surface area contributed by atoms with Crippen LogP contribution >= 0.6 is 0 Å². The lowest BCUT2D eigenvalue weighted by molar-refractivity contribution is 0.739. The highest BCUT2D eigenvalue weighted by atomic mass is 15.0. The second-order valence-corrected chi connectivity index (χ2v) is 4.80. The molecule has 3 rings (SSSR count). The molecule has 0 bridgehead atoms. The molecule has 1 aromatic carbocycles.